The number of H-pyrrole nitrogens is 1. The lowest BCUT2D eigenvalue weighted by molar-refractivity contribution is -0.113. The summed E-state index contributed by atoms with van der Waals surface area (Å²) < 4.78 is 13.2. The number of hydrogen-bond donors (Lipinski definition) is 2. The van der Waals surface area contributed by atoms with Gasteiger partial charge < -0.3 is 10.3 Å². The van der Waals surface area contributed by atoms with Gasteiger partial charge in [-0.3, -0.25) is 4.79 Å². The summed E-state index contributed by atoms with van der Waals surface area (Å²) >= 11 is 6.73. The van der Waals surface area contributed by atoms with E-state index in [1.807, 2.05) is 0 Å². The van der Waals surface area contributed by atoms with Crippen molar-refractivity contribution in [2.75, 3.05) is 11.1 Å². The second-order valence-electron chi connectivity index (χ2n) is 4.17. The Balaban J connectivity index is 1.97. The summed E-state index contributed by atoms with van der Waals surface area (Å²) in [5, 5.41) is 3.12. The fourth-order valence-corrected chi connectivity index (χ4v) is 2.41. The molecule has 0 aliphatic heterocycles. The first-order valence-electron chi connectivity index (χ1n) is 5.89. The maximum absolute atomic E-state index is 13.2. The molecule has 0 aliphatic rings. The number of benzene rings is 1. The smallest absolute Gasteiger partial charge is 0.325 e. The number of aryl methyl sites for hydroxylation is 1. The van der Waals surface area contributed by atoms with Crippen LogP contribution in [0.25, 0.3) is 0 Å². The van der Waals surface area contributed by atoms with E-state index in [4.69, 9.17) is 11.6 Å². The molecule has 8 heteroatoms. The van der Waals surface area contributed by atoms with Gasteiger partial charge in [0.25, 0.3) is 0 Å². The van der Waals surface area contributed by atoms with Gasteiger partial charge >= 0.3 is 5.69 Å². The summed E-state index contributed by atoms with van der Waals surface area (Å²) in [6, 6.07) is 4.02. The number of nitrogens with zero attached hydrogens (tertiary/aromatic N) is 1. The van der Waals surface area contributed by atoms with E-state index < -0.39 is 11.5 Å². The van der Waals surface area contributed by atoms with E-state index >= 15 is 0 Å². The van der Waals surface area contributed by atoms with E-state index in [1.165, 1.54) is 30.1 Å². The molecule has 0 spiro atoms. The van der Waals surface area contributed by atoms with Gasteiger partial charge in [0.1, 0.15) is 5.82 Å². The van der Waals surface area contributed by atoms with Gasteiger partial charge in [0.15, 0.2) is 0 Å². The van der Waals surface area contributed by atoms with Crippen molar-refractivity contribution < 1.29 is 9.18 Å². The molecule has 0 radical (unpaired) electrons. The van der Waals surface area contributed by atoms with Gasteiger partial charge in [0.2, 0.25) is 5.91 Å². The van der Waals surface area contributed by atoms with Gasteiger partial charge in [-0.15, -0.1) is 0 Å². The second-order valence-corrected chi connectivity index (χ2v) is 5.56. The Morgan fingerprint density at radius 3 is 3.00 bits per heavy atom. The van der Waals surface area contributed by atoms with Crippen LogP contribution in [0.2, 0.25) is 5.02 Å². The Bertz CT molecular complexity index is 736. The van der Waals surface area contributed by atoms with E-state index in [0.717, 1.165) is 11.6 Å². The van der Waals surface area contributed by atoms with Crippen LogP contribution in [-0.4, -0.2) is 21.6 Å². The molecule has 0 saturated carbocycles. The third-order valence-corrected chi connectivity index (χ3v) is 3.93. The van der Waals surface area contributed by atoms with Crippen molar-refractivity contribution in [3.8, 4) is 0 Å². The number of aromatic nitrogens is 2. The highest BCUT2D eigenvalue weighted by Gasteiger charge is 2.08. The van der Waals surface area contributed by atoms with E-state index in [1.54, 1.807) is 6.92 Å². The van der Waals surface area contributed by atoms with Crippen molar-refractivity contribution in [2.45, 2.75) is 11.9 Å². The first-order chi connectivity index (χ1) is 9.95. The van der Waals surface area contributed by atoms with Crippen LogP contribution >= 0.6 is 23.4 Å². The quantitative estimate of drug-likeness (QED) is 0.668. The molecule has 2 rings (SSSR count). The Hall–Kier alpha value is -1.86. The zero-order chi connectivity index (χ0) is 15.4. The average molecular weight is 328 g/mol. The summed E-state index contributed by atoms with van der Waals surface area (Å²) in [6.07, 6.45) is 1.44. The number of aromatic amines is 1. The summed E-state index contributed by atoms with van der Waals surface area (Å²) in [4.78, 5) is 29.0. The van der Waals surface area contributed by atoms with E-state index in [9.17, 15) is 14.0 Å². The maximum atomic E-state index is 13.2. The molecule has 0 fully saturated rings. The number of amides is 1. The third kappa shape index (κ3) is 4.30. The van der Waals surface area contributed by atoms with Crippen LogP contribution in [0.3, 0.4) is 0 Å². The minimum Gasteiger partial charge on any atom is -0.325 e. The summed E-state index contributed by atoms with van der Waals surface area (Å²) in [5.41, 5.74) is 0.621. The summed E-state index contributed by atoms with van der Waals surface area (Å²) in [7, 11) is 0. The second kappa shape index (κ2) is 6.73. The molecule has 2 aromatic rings. The standard InChI is InChI=1S/C13H11ClFN3O2S/c1-7-5-16-13(20)18-12(7)21-6-11(19)17-8-2-3-9(14)10(15)4-8/h2-5H,6H2,1H3,(H,17,19)(H,16,18,20). The highest BCUT2D eigenvalue weighted by atomic mass is 35.5. The topological polar surface area (TPSA) is 74.8 Å². The molecule has 1 aromatic heterocycles. The molecule has 5 nitrogen and oxygen atoms in total. The van der Waals surface area contributed by atoms with Crippen LogP contribution in [0.4, 0.5) is 10.1 Å². The van der Waals surface area contributed by atoms with Gasteiger partial charge in [-0.2, -0.15) is 0 Å². The zero-order valence-electron chi connectivity index (χ0n) is 10.9. The predicted octanol–water partition coefficient (Wildman–Crippen LogP) is 2.60. The SMILES string of the molecule is Cc1cnc(=O)[nH]c1SCC(=O)Nc1ccc(Cl)c(F)c1. The molecule has 1 heterocycles. The fraction of sp³-hybridized carbons (Fsp3) is 0.154. The number of hydrogen-bond acceptors (Lipinski definition) is 4. The predicted molar refractivity (Wildman–Crippen MR) is 80.4 cm³/mol. The Morgan fingerprint density at radius 1 is 1.52 bits per heavy atom. The Labute approximate surface area is 128 Å². The maximum Gasteiger partial charge on any atom is 0.345 e. The number of thioether (sulfide) groups is 1. The molecular formula is C13H11ClFN3O2S. The van der Waals surface area contributed by atoms with Gasteiger partial charge in [-0.05, 0) is 30.7 Å². The van der Waals surface area contributed by atoms with E-state index in [2.05, 4.69) is 15.3 Å². The first kappa shape index (κ1) is 15.5. The molecule has 0 unspecified atom stereocenters. The van der Waals surface area contributed by atoms with Crippen LogP contribution in [0.5, 0.6) is 0 Å². The first-order valence-corrected chi connectivity index (χ1v) is 7.25. The lowest BCUT2D eigenvalue weighted by Crippen LogP contribution is -2.16. The summed E-state index contributed by atoms with van der Waals surface area (Å²) in [5.74, 6) is -0.847. The molecule has 2 N–H and O–H groups in total. The summed E-state index contributed by atoms with van der Waals surface area (Å²) in [6.45, 7) is 1.78. The minimum atomic E-state index is -0.601. The molecular weight excluding hydrogens is 317 g/mol. The van der Waals surface area contributed by atoms with Crippen LogP contribution in [0, 0.1) is 12.7 Å². The van der Waals surface area contributed by atoms with Gasteiger partial charge in [0, 0.05) is 11.9 Å². The number of carbonyl (C=O) groups excluding carboxylic acids is 1. The normalized spacial score (nSPS) is 10.4. The van der Waals surface area contributed by atoms with Crippen molar-refractivity contribution in [2.24, 2.45) is 0 Å². The lowest BCUT2D eigenvalue weighted by Gasteiger charge is -2.07. The molecule has 1 aromatic carbocycles. The molecule has 1 amide bonds. The molecule has 0 aliphatic carbocycles. The van der Waals surface area contributed by atoms with Crippen molar-refractivity contribution in [3.05, 3.63) is 51.3 Å². The highest BCUT2D eigenvalue weighted by molar-refractivity contribution is 8.00. The van der Waals surface area contributed by atoms with E-state index in [0.29, 0.717) is 10.7 Å². The van der Waals surface area contributed by atoms with E-state index in [-0.39, 0.29) is 16.7 Å². The van der Waals surface area contributed by atoms with Crippen molar-refractivity contribution >= 4 is 35.0 Å². The molecule has 0 atom stereocenters. The van der Waals surface area contributed by atoms with Crippen LogP contribution in [0.1, 0.15) is 5.56 Å². The number of carbonyl (C=O) groups is 1. The van der Waals surface area contributed by atoms with Crippen LogP contribution < -0.4 is 11.0 Å². The average Bonchev–Trinajstić information content (AvgIpc) is 2.44. The van der Waals surface area contributed by atoms with Crippen molar-refractivity contribution in [1.82, 2.24) is 9.97 Å². The monoisotopic (exact) mass is 327 g/mol. The molecule has 21 heavy (non-hydrogen) atoms. The number of rotatable bonds is 4. The largest absolute Gasteiger partial charge is 0.345 e. The van der Waals surface area contributed by atoms with Gasteiger partial charge in [-0.1, -0.05) is 23.4 Å². The van der Waals surface area contributed by atoms with Gasteiger partial charge in [0.05, 0.1) is 15.8 Å². The highest BCUT2D eigenvalue weighted by Crippen LogP contribution is 2.20. The fourth-order valence-electron chi connectivity index (χ4n) is 1.50. The minimum absolute atomic E-state index is 0.00707. The number of halogens is 2. The van der Waals surface area contributed by atoms with Crippen molar-refractivity contribution in [1.29, 1.82) is 0 Å². The molecule has 0 saturated heterocycles. The van der Waals surface area contributed by atoms with Crippen molar-refractivity contribution in [3.63, 3.8) is 0 Å². The van der Waals surface area contributed by atoms with Crippen LogP contribution in [-0.2, 0) is 4.79 Å². The zero-order valence-corrected chi connectivity index (χ0v) is 12.5. The van der Waals surface area contributed by atoms with Crippen LogP contribution in [0.15, 0.2) is 34.2 Å². The number of nitrogens with one attached hydrogen (secondary N) is 2. The Morgan fingerprint density at radius 2 is 2.29 bits per heavy atom. The van der Waals surface area contributed by atoms with Gasteiger partial charge in [-0.25, -0.2) is 14.2 Å². The Kier molecular flexibility index (Phi) is 4.98. The molecule has 110 valence electrons. The lowest BCUT2D eigenvalue weighted by atomic mass is 10.3. The third-order valence-electron chi connectivity index (χ3n) is 2.51. The molecule has 0 bridgehead atoms. The number of anilines is 1.